The number of piperidine rings is 1. The van der Waals surface area contributed by atoms with E-state index in [2.05, 4.69) is 0 Å². The molecule has 0 bridgehead atoms. The van der Waals surface area contributed by atoms with Crippen molar-refractivity contribution in [3.8, 4) is 0 Å². The molecule has 142 valence electrons. The molecule has 1 saturated carbocycles. The second-order valence-corrected chi connectivity index (χ2v) is 8.05. The lowest BCUT2D eigenvalue weighted by molar-refractivity contribution is -0.138. The maximum atomic E-state index is 13.0. The summed E-state index contributed by atoms with van der Waals surface area (Å²) in [7, 11) is 1.97. The number of hydrogen-bond donors (Lipinski definition) is 0. The highest BCUT2D eigenvalue weighted by atomic mass is 16.2. The zero-order valence-corrected chi connectivity index (χ0v) is 16.2. The fourth-order valence-electron chi connectivity index (χ4n) is 4.35. The van der Waals surface area contributed by atoms with Crippen molar-refractivity contribution in [2.45, 2.75) is 64.3 Å². The molecule has 2 amide bonds. The Balaban J connectivity index is 1.62. The molecule has 4 nitrogen and oxygen atoms in total. The first kappa shape index (κ1) is 18.9. The van der Waals surface area contributed by atoms with E-state index in [-0.39, 0.29) is 17.7 Å². The van der Waals surface area contributed by atoms with Crippen LogP contribution >= 0.6 is 0 Å². The van der Waals surface area contributed by atoms with Gasteiger partial charge in [0.2, 0.25) is 5.91 Å². The number of hydrogen-bond acceptors (Lipinski definition) is 2. The Bertz CT molecular complexity index is 618. The van der Waals surface area contributed by atoms with Gasteiger partial charge in [-0.15, -0.1) is 0 Å². The van der Waals surface area contributed by atoms with Crippen molar-refractivity contribution in [1.82, 2.24) is 9.80 Å². The van der Waals surface area contributed by atoms with Crippen molar-refractivity contribution < 1.29 is 9.59 Å². The van der Waals surface area contributed by atoms with Gasteiger partial charge in [-0.05, 0) is 44.7 Å². The molecule has 0 aromatic heterocycles. The van der Waals surface area contributed by atoms with Crippen LogP contribution in [-0.2, 0) is 4.79 Å². The van der Waals surface area contributed by atoms with Crippen molar-refractivity contribution >= 4 is 11.8 Å². The first-order chi connectivity index (χ1) is 12.6. The molecular weight excluding hydrogens is 324 g/mol. The van der Waals surface area contributed by atoms with Crippen LogP contribution in [0.25, 0.3) is 0 Å². The Morgan fingerprint density at radius 2 is 1.62 bits per heavy atom. The van der Waals surface area contributed by atoms with Crippen molar-refractivity contribution in [3.63, 3.8) is 0 Å². The molecule has 1 saturated heterocycles. The van der Waals surface area contributed by atoms with E-state index in [0.717, 1.165) is 43.4 Å². The highest BCUT2D eigenvalue weighted by molar-refractivity contribution is 5.94. The number of rotatable bonds is 3. The Morgan fingerprint density at radius 3 is 2.27 bits per heavy atom. The van der Waals surface area contributed by atoms with Gasteiger partial charge in [0.05, 0.1) is 5.92 Å². The fraction of sp³-hybridized carbons (Fsp3) is 0.636. The predicted octanol–water partition coefficient (Wildman–Crippen LogP) is 4.03. The van der Waals surface area contributed by atoms with Gasteiger partial charge in [0.15, 0.2) is 0 Å². The van der Waals surface area contributed by atoms with E-state index in [0.29, 0.717) is 12.6 Å². The third-order valence-electron chi connectivity index (χ3n) is 6.08. The van der Waals surface area contributed by atoms with E-state index < -0.39 is 0 Å². The number of carbonyl (C=O) groups excluding carboxylic acids is 2. The molecule has 1 aliphatic carbocycles. The highest BCUT2D eigenvalue weighted by Gasteiger charge is 2.32. The van der Waals surface area contributed by atoms with Gasteiger partial charge in [-0.3, -0.25) is 9.59 Å². The molecule has 0 radical (unpaired) electrons. The Kier molecular flexibility index (Phi) is 6.33. The molecule has 1 aliphatic heterocycles. The van der Waals surface area contributed by atoms with E-state index in [1.807, 2.05) is 48.0 Å². The van der Waals surface area contributed by atoms with E-state index in [9.17, 15) is 9.59 Å². The van der Waals surface area contributed by atoms with Crippen molar-refractivity contribution in [2.75, 3.05) is 20.1 Å². The van der Waals surface area contributed by atoms with Gasteiger partial charge in [0, 0.05) is 31.7 Å². The molecule has 1 aromatic carbocycles. The summed E-state index contributed by atoms with van der Waals surface area (Å²) in [5, 5.41) is 0. The molecule has 0 spiro atoms. The summed E-state index contributed by atoms with van der Waals surface area (Å²) in [5.74, 6) is 0.240. The summed E-state index contributed by atoms with van der Waals surface area (Å²) in [5.41, 5.74) is 1.87. The van der Waals surface area contributed by atoms with Crippen molar-refractivity contribution in [3.05, 3.63) is 35.4 Å². The van der Waals surface area contributed by atoms with Crippen LogP contribution in [0, 0.1) is 12.8 Å². The van der Waals surface area contributed by atoms with Crippen molar-refractivity contribution in [1.29, 1.82) is 0 Å². The minimum absolute atomic E-state index is 0.0496. The molecule has 2 aliphatic rings. The lowest BCUT2D eigenvalue weighted by Crippen LogP contribution is -2.48. The quantitative estimate of drug-likeness (QED) is 0.767. The normalized spacial score (nSPS) is 21.9. The minimum Gasteiger partial charge on any atom is -0.342 e. The van der Waals surface area contributed by atoms with Crippen LogP contribution in [-0.4, -0.2) is 47.8 Å². The lowest BCUT2D eigenvalue weighted by atomic mass is 9.94. The summed E-state index contributed by atoms with van der Waals surface area (Å²) < 4.78 is 0. The number of benzene rings is 1. The first-order valence-corrected chi connectivity index (χ1v) is 10.2. The summed E-state index contributed by atoms with van der Waals surface area (Å²) in [6.45, 7) is 3.33. The van der Waals surface area contributed by atoms with Gasteiger partial charge in [-0.2, -0.15) is 0 Å². The van der Waals surface area contributed by atoms with E-state index in [1.54, 1.807) is 0 Å². The second-order valence-electron chi connectivity index (χ2n) is 8.05. The molecule has 1 atom stereocenters. The van der Waals surface area contributed by atoms with Crippen LogP contribution in [0.15, 0.2) is 24.3 Å². The zero-order valence-electron chi connectivity index (χ0n) is 16.2. The largest absolute Gasteiger partial charge is 0.342 e. The molecule has 4 heteroatoms. The number of carbonyl (C=O) groups is 2. The van der Waals surface area contributed by atoms with E-state index in [1.165, 1.54) is 25.7 Å². The van der Waals surface area contributed by atoms with Gasteiger partial charge in [0.25, 0.3) is 5.91 Å². The van der Waals surface area contributed by atoms with Crippen LogP contribution < -0.4 is 0 Å². The topological polar surface area (TPSA) is 40.6 Å². The lowest BCUT2D eigenvalue weighted by Gasteiger charge is -2.36. The number of aryl methyl sites for hydroxylation is 1. The minimum atomic E-state index is -0.0496. The number of nitrogens with zero attached hydrogens (tertiary/aromatic N) is 2. The van der Waals surface area contributed by atoms with Crippen LogP contribution in [0.2, 0.25) is 0 Å². The van der Waals surface area contributed by atoms with Gasteiger partial charge in [0.1, 0.15) is 0 Å². The smallest absolute Gasteiger partial charge is 0.253 e. The summed E-state index contributed by atoms with van der Waals surface area (Å²) >= 11 is 0. The SMILES string of the molecule is Cc1ccc(C(=O)N2CCCC(C(=O)N(C)C3CCCCCC3)C2)cc1. The van der Waals surface area contributed by atoms with Gasteiger partial charge in [-0.25, -0.2) is 0 Å². The standard InChI is InChI=1S/C22H32N2O2/c1-17-11-13-18(14-12-17)22(26)24-15-7-8-19(16-24)21(25)23(2)20-9-5-3-4-6-10-20/h11-14,19-20H,3-10,15-16H2,1-2H3. The molecule has 26 heavy (non-hydrogen) atoms. The van der Waals surface area contributed by atoms with Crippen LogP contribution in [0.3, 0.4) is 0 Å². The Hall–Kier alpha value is -1.84. The fourth-order valence-corrected chi connectivity index (χ4v) is 4.35. The highest BCUT2D eigenvalue weighted by Crippen LogP contribution is 2.25. The van der Waals surface area contributed by atoms with Crippen LogP contribution in [0.4, 0.5) is 0 Å². The molecule has 3 rings (SSSR count). The number of likely N-dealkylation sites (tertiary alicyclic amines) is 1. The average Bonchev–Trinajstić information content (AvgIpc) is 2.96. The average molecular weight is 357 g/mol. The third kappa shape index (κ3) is 4.46. The summed E-state index contributed by atoms with van der Waals surface area (Å²) in [6.07, 6.45) is 9.10. The van der Waals surface area contributed by atoms with E-state index >= 15 is 0 Å². The molecule has 1 aromatic rings. The first-order valence-electron chi connectivity index (χ1n) is 10.2. The summed E-state index contributed by atoms with van der Waals surface area (Å²) in [4.78, 5) is 29.7. The Morgan fingerprint density at radius 1 is 0.962 bits per heavy atom. The van der Waals surface area contributed by atoms with Gasteiger partial charge >= 0.3 is 0 Å². The maximum Gasteiger partial charge on any atom is 0.253 e. The van der Waals surface area contributed by atoms with Crippen LogP contribution in [0.5, 0.6) is 0 Å². The molecule has 1 unspecified atom stereocenters. The van der Waals surface area contributed by atoms with Gasteiger partial charge in [-0.1, -0.05) is 43.4 Å². The maximum absolute atomic E-state index is 13.0. The molecule has 0 N–H and O–H groups in total. The van der Waals surface area contributed by atoms with Crippen molar-refractivity contribution in [2.24, 2.45) is 5.92 Å². The third-order valence-corrected chi connectivity index (χ3v) is 6.08. The monoisotopic (exact) mass is 356 g/mol. The molecule has 2 fully saturated rings. The molecular formula is C22H32N2O2. The second kappa shape index (κ2) is 8.70. The number of amides is 2. The summed E-state index contributed by atoms with van der Waals surface area (Å²) in [6, 6.07) is 8.11. The van der Waals surface area contributed by atoms with Crippen LogP contribution in [0.1, 0.15) is 67.3 Å². The predicted molar refractivity (Wildman–Crippen MR) is 104 cm³/mol. The Labute approximate surface area is 157 Å². The molecule has 1 heterocycles. The van der Waals surface area contributed by atoms with Gasteiger partial charge < -0.3 is 9.80 Å². The zero-order chi connectivity index (χ0) is 18.5. The van der Waals surface area contributed by atoms with E-state index in [4.69, 9.17) is 0 Å².